The Balaban J connectivity index is 1.61. The quantitative estimate of drug-likeness (QED) is 0.0257. The Labute approximate surface area is 530 Å². The number of carboxylic acid groups (broad SMARTS) is 1. The fourth-order valence-corrected chi connectivity index (χ4v) is 11.9. The molecular formula is C66H120N2O21. The molecule has 23 nitrogen and oxygen atoms in total. The number of amides is 2. The van der Waals surface area contributed by atoms with Crippen LogP contribution in [0, 0.1) is 0 Å². The van der Waals surface area contributed by atoms with Gasteiger partial charge in [0.15, 0.2) is 12.6 Å². The van der Waals surface area contributed by atoms with E-state index in [1.54, 1.807) is 0 Å². The lowest BCUT2D eigenvalue weighted by Gasteiger charge is -2.50. The number of aliphatic hydroxyl groups is 11. The van der Waals surface area contributed by atoms with Gasteiger partial charge in [-0.05, 0) is 44.9 Å². The maximum Gasteiger partial charge on any atom is 0.364 e. The summed E-state index contributed by atoms with van der Waals surface area (Å²) >= 11 is 0. The van der Waals surface area contributed by atoms with Crippen LogP contribution in [-0.4, -0.2) is 215 Å². The third-order valence-electron chi connectivity index (χ3n) is 17.4. The molecule has 0 aliphatic carbocycles. The molecule has 0 aromatic carbocycles. The van der Waals surface area contributed by atoms with Crippen LogP contribution in [0.25, 0.3) is 0 Å². The van der Waals surface area contributed by atoms with Gasteiger partial charge < -0.3 is 100 Å². The Morgan fingerprint density at radius 2 is 1.08 bits per heavy atom. The first-order valence-corrected chi connectivity index (χ1v) is 34.2. The number of rotatable bonds is 51. The summed E-state index contributed by atoms with van der Waals surface area (Å²) in [6, 6.07) is -2.53. The van der Waals surface area contributed by atoms with E-state index in [0.717, 1.165) is 90.4 Å². The first-order valence-electron chi connectivity index (χ1n) is 34.2. The van der Waals surface area contributed by atoms with Gasteiger partial charge in [-0.1, -0.05) is 199 Å². The summed E-state index contributed by atoms with van der Waals surface area (Å²) in [5.41, 5.74) is 0. The van der Waals surface area contributed by atoms with E-state index >= 15 is 0 Å². The van der Waals surface area contributed by atoms with Gasteiger partial charge in [0.05, 0.1) is 50.7 Å². The second-order valence-electron chi connectivity index (χ2n) is 25.0. The molecule has 0 spiro atoms. The minimum absolute atomic E-state index is 0.214. The summed E-state index contributed by atoms with van der Waals surface area (Å²) in [4.78, 5) is 38.5. The predicted molar refractivity (Wildman–Crippen MR) is 334 cm³/mol. The SMILES string of the molecule is CCCCC/C=C\C/C=C\CCCCCCCCCC(=O)NC(COC1OC(CO)C(OC2OC(CO)C(O)C(OC3(C(=O)O)CC(O)C(NC(C)=O)C(C(O)C(O)CO)O3)C2O)C(O)C1O)C(O)CCCCCCCCCCCCCCCCCCCC. The number of carbonyl (C=O) groups is 3. The van der Waals surface area contributed by atoms with Crippen molar-refractivity contribution in [1.82, 2.24) is 10.6 Å². The summed E-state index contributed by atoms with van der Waals surface area (Å²) in [5, 5.41) is 136. The van der Waals surface area contributed by atoms with Gasteiger partial charge in [0, 0.05) is 19.8 Å². The van der Waals surface area contributed by atoms with Crippen molar-refractivity contribution in [2.24, 2.45) is 0 Å². The van der Waals surface area contributed by atoms with Gasteiger partial charge in [-0.3, -0.25) is 9.59 Å². The molecule has 18 atom stereocenters. The van der Waals surface area contributed by atoms with E-state index in [-0.39, 0.29) is 18.9 Å². The van der Waals surface area contributed by atoms with Crippen molar-refractivity contribution >= 4 is 17.8 Å². The minimum atomic E-state index is -3.08. The van der Waals surface area contributed by atoms with Crippen molar-refractivity contribution in [3.63, 3.8) is 0 Å². The third kappa shape index (κ3) is 30.0. The first-order chi connectivity index (χ1) is 42.9. The van der Waals surface area contributed by atoms with Gasteiger partial charge in [-0.15, -0.1) is 0 Å². The van der Waals surface area contributed by atoms with E-state index in [1.165, 1.54) is 103 Å². The smallest absolute Gasteiger partial charge is 0.364 e. The molecule has 3 aliphatic rings. The monoisotopic (exact) mass is 1280 g/mol. The molecule has 0 saturated carbocycles. The van der Waals surface area contributed by atoms with E-state index in [0.29, 0.717) is 19.3 Å². The molecular weight excluding hydrogens is 1160 g/mol. The molecule has 3 rings (SSSR count). The lowest BCUT2D eigenvalue weighted by molar-refractivity contribution is -0.386. The van der Waals surface area contributed by atoms with Crippen molar-refractivity contribution in [3.05, 3.63) is 24.3 Å². The maximum absolute atomic E-state index is 13.5. The molecule has 89 heavy (non-hydrogen) atoms. The van der Waals surface area contributed by atoms with E-state index in [2.05, 4.69) is 48.8 Å². The summed E-state index contributed by atoms with van der Waals surface area (Å²) in [6.45, 7) is 2.17. The molecule has 18 unspecified atom stereocenters. The zero-order valence-electron chi connectivity index (χ0n) is 54.0. The number of allylic oxidation sites excluding steroid dienone is 4. The zero-order chi connectivity index (χ0) is 65.4. The molecule has 0 aromatic heterocycles. The average molecular weight is 1280 g/mol. The zero-order valence-corrected chi connectivity index (χ0v) is 54.0. The lowest BCUT2D eigenvalue weighted by Crippen LogP contribution is -2.70. The highest BCUT2D eigenvalue weighted by molar-refractivity contribution is 5.77. The fourth-order valence-electron chi connectivity index (χ4n) is 11.9. The summed E-state index contributed by atoms with van der Waals surface area (Å²) in [6.07, 6.45) is 16.0. The molecule has 3 fully saturated rings. The molecule has 0 radical (unpaired) electrons. The highest BCUT2D eigenvalue weighted by atomic mass is 16.8. The van der Waals surface area contributed by atoms with Crippen molar-refractivity contribution in [3.8, 4) is 0 Å². The molecule has 0 aromatic rings. The van der Waals surface area contributed by atoms with E-state index < -0.39 is 148 Å². The Bertz CT molecular complexity index is 1900. The van der Waals surface area contributed by atoms with Gasteiger partial charge in [0.1, 0.15) is 67.1 Å². The topological polar surface area (TPSA) is 373 Å². The number of hydrogen-bond acceptors (Lipinski definition) is 20. The number of carbonyl (C=O) groups excluding carboxylic acids is 2. The van der Waals surface area contributed by atoms with E-state index in [9.17, 15) is 75.7 Å². The molecule has 3 aliphatic heterocycles. The molecule has 14 N–H and O–H groups in total. The van der Waals surface area contributed by atoms with Crippen LogP contribution in [0.1, 0.15) is 239 Å². The van der Waals surface area contributed by atoms with Crippen LogP contribution in [-0.2, 0) is 42.8 Å². The molecule has 3 heterocycles. The number of aliphatic carboxylic acids is 1. The molecule has 3 saturated heterocycles. The van der Waals surface area contributed by atoms with E-state index in [4.69, 9.17) is 28.4 Å². The largest absolute Gasteiger partial charge is 0.477 e. The standard InChI is InChI=1S/C66H120N2O21/c1-4-6-8-10-12-14-16-18-20-22-24-25-27-29-31-33-35-37-39-48(73)47(68-53(76)40-38-36-34-32-30-28-26-23-21-19-17-15-13-11-9-7-5-2)45-84-63-58(80)57(79)60(52(44-71)86-63)87-64-59(81)62(56(78)51(43-70)85-64)89-66(65(82)83)41-49(74)54(67-46(3)72)61(88-66)55(77)50(75)42-69/h13,15,19,21,47-52,54-64,69-71,73-75,77-81H,4-12,14,16-18,20,22-45H2,1-3H3,(H,67,72)(H,68,76)(H,82,83)/b15-13-,21-19-. The number of unbranched alkanes of at least 4 members (excludes halogenated alkanes) is 27. The second kappa shape index (κ2) is 47.1. The van der Waals surface area contributed by atoms with Gasteiger partial charge in [-0.2, -0.15) is 0 Å². The number of nitrogens with one attached hydrogen (secondary N) is 2. The Hall–Kier alpha value is -2.79. The lowest BCUT2D eigenvalue weighted by atomic mass is 9.88. The number of aliphatic hydroxyl groups excluding tert-OH is 11. The molecule has 2 amide bonds. The predicted octanol–water partition coefficient (Wildman–Crippen LogP) is 5.67. The Morgan fingerprint density at radius 1 is 0.584 bits per heavy atom. The van der Waals surface area contributed by atoms with Gasteiger partial charge >= 0.3 is 5.97 Å². The van der Waals surface area contributed by atoms with Crippen molar-refractivity contribution < 1.29 is 104 Å². The Kier molecular flexibility index (Phi) is 42.6. The number of hydrogen-bond donors (Lipinski definition) is 14. The van der Waals surface area contributed by atoms with Crippen LogP contribution < -0.4 is 10.6 Å². The van der Waals surface area contributed by atoms with Crippen LogP contribution in [0.2, 0.25) is 0 Å². The van der Waals surface area contributed by atoms with Gasteiger partial charge in [-0.25, -0.2) is 4.79 Å². The summed E-state index contributed by atoms with van der Waals surface area (Å²) < 4.78 is 34.8. The number of ether oxygens (including phenoxy) is 6. The minimum Gasteiger partial charge on any atom is -0.477 e. The maximum atomic E-state index is 13.5. The highest BCUT2D eigenvalue weighted by Gasteiger charge is 2.60. The van der Waals surface area contributed by atoms with Crippen LogP contribution >= 0.6 is 0 Å². The second-order valence-corrected chi connectivity index (χ2v) is 25.0. The highest BCUT2D eigenvalue weighted by Crippen LogP contribution is 2.39. The molecule has 0 bridgehead atoms. The van der Waals surface area contributed by atoms with Crippen LogP contribution in [0.5, 0.6) is 0 Å². The van der Waals surface area contributed by atoms with Gasteiger partial charge in [0.2, 0.25) is 11.8 Å². The molecule has 23 heteroatoms. The summed E-state index contributed by atoms with van der Waals surface area (Å²) in [5.74, 6) is -6.11. The fraction of sp³-hybridized carbons (Fsp3) is 0.894. The van der Waals surface area contributed by atoms with Crippen LogP contribution in [0.3, 0.4) is 0 Å². The average Bonchev–Trinajstić information content (AvgIpc) is 0.878. The van der Waals surface area contributed by atoms with E-state index in [1.807, 2.05) is 0 Å². The first kappa shape index (κ1) is 80.4. The molecule has 520 valence electrons. The summed E-state index contributed by atoms with van der Waals surface area (Å²) in [7, 11) is 0. The van der Waals surface area contributed by atoms with Crippen LogP contribution in [0.15, 0.2) is 24.3 Å². The number of carboxylic acids is 1. The normalized spacial score (nSPS) is 28.9. The van der Waals surface area contributed by atoms with Crippen molar-refractivity contribution in [2.75, 3.05) is 26.4 Å². The van der Waals surface area contributed by atoms with Crippen molar-refractivity contribution in [1.29, 1.82) is 0 Å². The van der Waals surface area contributed by atoms with Crippen molar-refractivity contribution in [2.45, 2.75) is 349 Å². The van der Waals surface area contributed by atoms with Crippen LogP contribution in [0.4, 0.5) is 0 Å². The Morgan fingerprint density at radius 3 is 1.60 bits per heavy atom. The third-order valence-corrected chi connectivity index (χ3v) is 17.4. The van der Waals surface area contributed by atoms with Gasteiger partial charge in [0.25, 0.3) is 5.79 Å².